The minimum absolute atomic E-state index is 0.139. The topological polar surface area (TPSA) is 48.3 Å². The second-order valence-corrected chi connectivity index (χ2v) is 4.75. The Bertz CT molecular complexity index is 373. The second-order valence-electron chi connectivity index (χ2n) is 4.75. The number of nitrogens with zero attached hydrogens (tertiary/aromatic N) is 2. The number of rotatable bonds is 10. The van der Waals surface area contributed by atoms with Gasteiger partial charge in [-0.1, -0.05) is 13.8 Å². The first kappa shape index (κ1) is 17.1. The van der Waals surface area contributed by atoms with E-state index in [1.54, 1.807) is 0 Å². The van der Waals surface area contributed by atoms with E-state index in [9.17, 15) is 0 Å². The fourth-order valence-corrected chi connectivity index (χ4v) is 2.30. The third kappa shape index (κ3) is 4.89. The van der Waals surface area contributed by atoms with Crippen LogP contribution in [0.2, 0.25) is 0 Å². The van der Waals surface area contributed by atoms with E-state index in [0.717, 1.165) is 25.1 Å². The van der Waals surface area contributed by atoms with Gasteiger partial charge in [0.25, 0.3) is 0 Å². The molecule has 1 atom stereocenters. The number of ether oxygens (including phenoxy) is 2. The van der Waals surface area contributed by atoms with Crippen molar-refractivity contribution in [3.8, 4) is 0 Å². The van der Waals surface area contributed by atoms with E-state index in [0.29, 0.717) is 13.2 Å². The molecule has 0 spiro atoms. The lowest BCUT2D eigenvalue weighted by Crippen LogP contribution is -2.45. The van der Waals surface area contributed by atoms with Crippen molar-refractivity contribution in [3.63, 3.8) is 0 Å². The maximum absolute atomic E-state index is 5.73. The van der Waals surface area contributed by atoms with Crippen LogP contribution in [0.1, 0.15) is 39.1 Å². The Labute approximate surface area is 122 Å². The van der Waals surface area contributed by atoms with Gasteiger partial charge < -0.3 is 14.8 Å². The van der Waals surface area contributed by atoms with Gasteiger partial charge in [0.2, 0.25) is 0 Å². The Balaban J connectivity index is 2.80. The summed E-state index contributed by atoms with van der Waals surface area (Å²) < 4.78 is 13.4. The minimum atomic E-state index is -0.218. The van der Waals surface area contributed by atoms with Crippen molar-refractivity contribution in [3.05, 3.63) is 17.5 Å². The molecule has 1 unspecified atom stereocenters. The highest BCUT2D eigenvalue weighted by Crippen LogP contribution is 2.12. The molecule has 1 aromatic heterocycles. The Morgan fingerprint density at radius 3 is 2.30 bits per heavy atom. The van der Waals surface area contributed by atoms with Crippen molar-refractivity contribution in [2.75, 3.05) is 19.8 Å². The summed E-state index contributed by atoms with van der Waals surface area (Å²) in [6, 6.07) is 2.30. The summed E-state index contributed by atoms with van der Waals surface area (Å²) in [4.78, 5) is 0. The summed E-state index contributed by atoms with van der Waals surface area (Å²) in [6.07, 6.45) is 1.59. The molecule has 0 saturated heterocycles. The standard InChI is InChI=1S/C15H29N3O2/c1-6-12-10-13(18(5)17-12)11-14(16-7-2)15(19-8-3)20-9-4/h10,14-16H,6-9,11H2,1-5H3. The van der Waals surface area contributed by atoms with E-state index in [4.69, 9.17) is 9.47 Å². The highest BCUT2D eigenvalue weighted by Gasteiger charge is 2.23. The van der Waals surface area contributed by atoms with Crippen LogP contribution in [0.4, 0.5) is 0 Å². The lowest BCUT2D eigenvalue weighted by Gasteiger charge is -2.27. The smallest absolute Gasteiger partial charge is 0.173 e. The summed E-state index contributed by atoms with van der Waals surface area (Å²) in [5, 5.41) is 7.97. The van der Waals surface area contributed by atoms with Gasteiger partial charge in [-0.3, -0.25) is 4.68 Å². The number of likely N-dealkylation sites (N-methyl/N-ethyl adjacent to an activating group) is 1. The number of aromatic nitrogens is 2. The van der Waals surface area contributed by atoms with Crippen molar-refractivity contribution < 1.29 is 9.47 Å². The van der Waals surface area contributed by atoms with E-state index < -0.39 is 0 Å². The summed E-state index contributed by atoms with van der Waals surface area (Å²) in [7, 11) is 1.99. The average molecular weight is 283 g/mol. The SMILES string of the molecule is CCNC(Cc1cc(CC)nn1C)C(OCC)OCC. The molecule has 0 amide bonds. The molecule has 0 saturated carbocycles. The van der Waals surface area contributed by atoms with Crippen molar-refractivity contribution in [2.24, 2.45) is 7.05 Å². The van der Waals surface area contributed by atoms with Crippen molar-refractivity contribution in [2.45, 2.75) is 52.9 Å². The van der Waals surface area contributed by atoms with Crippen LogP contribution in [0, 0.1) is 0 Å². The molecule has 5 nitrogen and oxygen atoms in total. The lowest BCUT2D eigenvalue weighted by molar-refractivity contribution is -0.153. The molecule has 20 heavy (non-hydrogen) atoms. The van der Waals surface area contributed by atoms with E-state index in [-0.39, 0.29) is 12.3 Å². The normalized spacial score (nSPS) is 13.1. The molecule has 0 aliphatic heterocycles. The molecule has 1 rings (SSSR count). The van der Waals surface area contributed by atoms with Crippen LogP contribution in [0.25, 0.3) is 0 Å². The quantitative estimate of drug-likeness (QED) is 0.666. The molecule has 0 radical (unpaired) electrons. The van der Waals surface area contributed by atoms with Gasteiger partial charge in [-0.25, -0.2) is 0 Å². The van der Waals surface area contributed by atoms with Gasteiger partial charge in [0.15, 0.2) is 6.29 Å². The fourth-order valence-electron chi connectivity index (χ4n) is 2.30. The summed E-state index contributed by atoms with van der Waals surface area (Å²) >= 11 is 0. The molecule has 0 aliphatic carbocycles. The average Bonchev–Trinajstić information content (AvgIpc) is 2.79. The van der Waals surface area contributed by atoms with Crippen LogP contribution in [0.3, 0.4) is 0 Å². The zero-order valence-corrected chi connectivity index (χ0v) is 13.5. The van der Waals surface area contributed by atoms with E-state index in [1.165, 1.54) is 5.69 Å². The van der Waals surface area contributed by atoms with Gasteiger partial charge in [0.1, 0.15) is 0 Å². The summed E-state index contributed by atoms with van der Waals surface area (Å²) in [5.41, 5.74) is 2.33. The predicted molar refractivity (Wildman–Crippen MR) is 80.8 cm³/mol. The molecule has 0 aliphatic rings. The Kier molecular flexibility index (Phi) is 7.80. The number of nitrogens with one attached hydrogen (secondary N) is 1. The summed E-state index contributed by atoms with van der Waals surface area (Å²) in [5.74, 6) is 0. The van der Waals surface area contributed by atoms with Gasteiger partial charge in [0, 0.05) is 32.4 Å². The van der Waals surface area contributed by atoms with Gasteiger partial charge in [-0.15, -0.1) is 0 Å². The monoisotopic (exact) mass is 283 g/mol. The van der Waals surface area contributed by atoms with Gasteiger partial charge in [-0.05, 0) is 32.9 Å². The summed E-state index contributed by atoms with van der Waals surface area (Å²) in [6.45, 7) is 10.4. The second kappa shape index (κ2) is 9.10. The van der Waals surface area contributed by atoms with Crippen LogP contribution in [-0.2, 0) is 29.4 Å². The molecule has 0 bridgehead atoms. The number of aryl methyl sites for hydroxylation is 2. The maximum atomic E-state index is 5.73. The third-order valence-corrected chi connectivity index (χ3v) is 3.28. The number of hydrogen-bond donors (Lipinski definition) is 1. The molecular formula is C15H29N3O2. The molecule has 1 N–H and O–H groups in total. The zero-order valence-electron chi connectivity index (χ0n) is 13.5. The highest BCUT2D eigenvalue weighted by atomic mass is 16.7. The van der Waals surface area contributed by atoms with Crippen LogP contribution >= 0.6 is 0 Å². The van der Waals surface area contributed by atoms with Crippen molar-refractivity contribution >= 4 is 0 Å². The van der Waals surface area contributed by atoms with Gasteiger partial charge in [-0.2, -0.15) is 5.10 Å². The predicted octanol–water partition coefficient (Wildman–Crippen LogP) is 1.90. The van der Waals surface area contributed by atoms with Crippen LogP contribution in [-0.4, -0.2) is 41.9 Å². The first-order chi connectivity index (χ1) is 9.65. The van der Waals surface area contributed by atoms with E-state index in [1.807, 2.05) is 25.6 Å². The zero-order chi connectivity index (χ0) is 15.0. The lowest BCUT2D eigenvalue weighted by atomic mass is 10.1. The van der Waals surface area contributed by atoms with Crippen LogP contribution in [0.5, 0.6) is 0 Å². The van der Waals surface area contributed by atoms with E-state index >= 15 is 0 Å². The molecule has 0 aromatic carbocycles. The highest BCUT2D eigenvalue weighted by molar-refractivity contribution is 5.11. The first-order valence-corrected chi connectivity index (χ1v) is 7.64. The van der Waals surface area contributed by atoms with Crippen molar-refractivity contribution in [1.82, 2.24) is 15.1 Å². The molecule has 1 aromatic rings. The van der Waals surface area contributed by atoms with Crippen molar-refractivity contribution in [1.29, 1.82) is 0 Å². The minimum Gasteiger partial charge on any atom is -0.351 e. The first-order valence-electron chi connectivity index (χ1n) is 7.64. The molecule has 1 heterocycles. The van der Waals surface area contributed by atoms with Crippen LogP contribution in [0.15, 0.2) is 6.07 Å². The third-order valence-electron chi connectivity index (χ3n) is 3.28. The largest absolute Gasteiger partial charge is 0.351 e. The van der Waals surface area contributed by atoms with E-state index in [2.05, 4.69) is 30.3 Å². The molecule has 5 heteroatoms. The molecule has 0 fully saturated rings. The Morgan fingerprint density at radius 2 is 1.85 bits per heavy atom. The van der Waals surface area contributed by atoms with Crippen LogP contribution < -0.4 is 5.32 Å². The maximum Gasteiger partial charge on any atom is 0.173 e. The van der Waals surface area contributed by atoms with Gasteiger partial charge in [0.05, 0.1) is 11.7 Å². The fraction of sp³-hybridized carbons (Fsp3) is 0.800. The van der Waals surface area contributed by atoms with Gasteiger partial charge >= 0.3 is 0 Å². The Morgan fingerprint density at radius 1 is 1.20 bits per heavy atom. The number of hydrogen-bond acceptors (Lipinski definition) is 4. The Hall–Kier alpha value is -0.910. The molecule has 116 valence electrons. The molecular weight excluding hydrogens is 254 g/mol.